The van der Waals surface area contributed by atoms with Crippen molar-refractivity contribution in [3.05, 3.63) is 47.3 Å². The lowest BCUT2D eigenvalue weighted by molar-refractivity contribution is -0.141. The van der Waals surface area contributed by atoms with Gasteiger partial charge in [0.25, 0.3) is 5.91 Å². The van der Waals surface area contributed by atoms with Gasteiger partial charge in [-0.25, -0.2) is 0 Å². The summed E-state index contributed by atoms with van der Waals surface area (Å²) in [6, 6.07) is 7.17. The number of para-hydroxylation sites is 1. The van der Waals surface area contributed by atoms with E-state index in [0.29, 0.717) is 10.9 Å². The van der Waals surface area contributed by atoms with Crippen LogP contribution in [-0.4, -0.2) is 20.9 Å². The van der Waals surface area contributed by atoms with Gasteiger partial charge in [-0.15, -0.1) is 0 Å². The Labute approximate surface area is 155 Å². The van der Waals surface area contributed by atoms with Crippen molar-refractivity contribution in [3.63, 3.8) is 0 Å². The van der Waals surface area contributed by atoms with Gasteiger partial charge in [0.05, 0.1) is 5.56 Å². The minimum atomic E-state index is -4.69. The Hall–Kier alpha value is -1.96. The fourth-order valence-electron chi connectivity index (χ4n) is 2.54. The van der Waals surface area contributed by atoms with Crippen LogP contribution in [0.25, 0.3) is 0 Å². The van der Waals surface area contributed by atoms with E-state index in [-0.39, 0.29) is 5.25 Å². The van der Waals surface area contributed by atoms with Crippen molar-refractivity contribution in [3.8, 4) is 0 Å². The Bertz CT molecular complexity index is 773. The van der Waals surface area contributed by atoms with E-state index < -0.39 is 23.3 Å². The molecule has 2 unspecified atom stereocenters. The van der Waals surface area contributed by atoms with Crippen LogP contribution in [0.5, 0.6) is 0 Å². The number of benzene rings is 1. The van der Waals surface area contributed by atoms with Gasteiger partial charge in [-0.1, -0.05) is 32.0 Å². The molecule has 8 heteroatoms. The van der Waals surface area contributed by atoms with E-state index in [0.717, 1.165) is 22.9 Å². The van der Waals surface area contributed by atoms with Gasteiger partial charge in [0.1, 0.15) is 0 Å². The summed E-state index contributed by atoms with van der Waals surface area (Å²) < 4.78 is 40.3. The fraction of sp³-hybridized carbons (Fsp3) is 0.444. The van der Waals surface area contributed by atoms with Gasteiger partial charge in [-0.2, -0.15) is 30.0 Å². The van der Waals surface area contributed by atoms with Crippen LogP contribution in [0.4, 0.5) is 18.9 Å². The molecule has 142 valence electrons. The molecule has 4 nitrogen and oxygen atoms in total. The van der Waals surface area contributed by atoms with Gasteiger partial charge >= 0.3 is 6.18 Å². The first-order chi connectivity index (χ1) is 12.1. The Morgan fingerprint density at radius 2 is 1.96 bits per heavy atom. The minimum absolute atomic E-state index is 0.0948. The van der Waals surface area contributed by atoms with Crippen molar-refractivity contribution >= 4 is 23.4 Å². The Morgan fingerprint density at radius 1 is 1.31 bits per heavy atom. The molecule has 1 aromatic heterocycles. The molecule has 0 spiro atoms. The average Bonchev–Trinajstić information content (AvgIpc) is 2.97. The number of nitrogens with zero attached hydrogens (tertiary/aromatic N) is 2. The molecule has 1 N–H and O–H groups in total. The minimum Gasteiger partial charge on any atom is -0.322 e. The molecule has 1 aromatic carbocycles. The number of halogens is 3. The van der Waals surface area contributed by atoms with E-state index in [1.165, 1.54) is 7.05 Å². The Kier molecular flexibility index (Phi) is 6.39. The topological polar surface area (TPSA) is 46.9 Å². The van der Waals surface area contributed by atoms with Crippen molar-refractivity contribution in [2.75, 3.05) is 5.32 Å². The highest BCUT2D eigenvalue weighted by Gasteiger charge is 2.39. The molecule has 2 rings (SSSR count). The van der Waals surface area contributed by atoms with Gasteiger partial charge in [0, 0.05) is 29.4 Å². The number of hydrogen-bond donors (Lipinski definition) is 1. The number of hydrogen-bond acceptors (Lipinski definition) is 3. The summed E-state index contributed by atoms with van der Waals surface area (Å²) in [7, 11) is 1.35. The number of carbonyl (C=O) groups is 1. The number of carbonyl (C=O) groups excluding carboxylic acids is 1. The van der Waals surface area contributed by atoms with E-state index >= 15 is 0 Å². The summed E-state index contributed by atoms with van der Waals surface area (Å²) in [6.07, 6.45) is -2.60. The summed E-state index contributed by atoms with van der Waals surface area (Å²) >= 11 is 1.75. The lowest BCUT2D eigenvalue weighted by atomic mass is 10.1. The van der Waals surface area contributed by atoms with E-state index in [2.05, 4.69) is 24.3 Å². The number of anilines is 1. The molecule has 0 bridgehead atoms. The summed E-state index contributed by atoms with van der Waals surface area (Å²) in [5, 5.41) is 6.53. The van der Waals surface area contributed by atoms with Crippen molar-refractivity contribution in [2.45, 2.75) is 43.9 Å². The van der Waals surface area contributed by atoms with Gasteiger partial charge in [-0.05, 0) is 25.0 Å². The standard InChI is InChI=1S/C18H22F3N3OS/c1-5-11(2)26-12(3)13-8-6-7-9-15(13)22-17(25)14-10-24(4)23-16(14)18(19,20)21/h6-12H,5H2,1-4H3,(H,22,25). The highest BCUT2D eigenvalue weighted by Crippen LogP contribution is 2.37. The van der Waals surface area contributed by atoms with E-state index in [9.17, 15) is 18.0 Å². The third-order valence-corrected chi connectivity index (χ3v) is 5.46. The zero-order chi connectivity index (χ0) is 19.5. The van der Waals surface area contributed by atoms with Gasteiger partial charge in [0.2, 0.25) is 0 Å². The summed E-state index contributed by atoms with van der Waals surface area (Å²) in [5.74, 6) is -0.821. The second kappa shape index (κ2) is 8.16. The zero-order valence-electron chi connectivity index (χ0n) is 15.1. The maximum absolute atomic E-state index is 13.1. The van der Waals surface area contributed by atoms with Crippen LogP contribution in [0.2, 0.25) is 0 Å². The average molecular weight is 385 g/mol. The molecule has 0 fully saturated rings. The fourth-order valence-corrected chi connectivity index (χ4v) is 3.78. The van der Waals surface area contributed by atoms with Crippen molar-refractivity contribution in [1.29, 1.82) is 0 Å². The number of amides is 1. The molecular formula is C18H22F3N3OS. The lowest BCUT2D eigenvalue weighted by Crippen LogP contribution is -2.18. The summed E-state index contributed by atoms with van der Waals surface area (Å²) in [5.41, 5.74) is -0.282. The van der Waals surface area contributed by atoms with Gasteiger partial charge in [0.15, 0.2) is 5.69 Å². The molecule has 0 aliphatic heterocycles. The predicted molar refractivity (Wildman–Crippen MR) is 98.4 cm³/mol. The molecule has 0 saturated carbocycles. The molecular weight excluding hydrogens is 363 g/mol. The highest BCUT2D eigenvalue weighted by atomic mass is 32.2. The molecule has 1 heterocycles. The molecule has 2 aromatic rings. The largest absolute Gasteiger partial charge is 0.435 e. The molecule has 0 aliphatic carbocycles. The van der Waals surface area contributed by atoms with Crippen molar-refractivity contribution < 1.29 is 18.0 Å². The normalized spacial score (nSPS) is 14.1. The maximum Gasteiger partial charge on any atom is 0.435 e. The van der Waals surface area contributed by atoms with Crippen LogP contribution in [0.15, 0.2) is 30.5 Å². The summed E-state index contributed by atoms with van der Waals surface area (Å²) in [6.45, 7) is 6.24. The number of alkyl halides is 3. The second-order valence-corrected chi connectivity index (χ2v) is 7.89. The van der Waals surface area contributed by atoms with E-state index in [4.69, 9.17) is 0 Å². The van der Waals surface area contributed by atoms with Crippen LogP contribution in [0.3, 0.4) is 0 Å². The van der Waals surface area contributed by atoms with Gasteiger partial charge < -0.3 is 5.32 Å². The SMILES string of the molecule is CCC(C)SC(C)c1ccccc1NC(=O)c1cn(C)nc1C(F)(F)F. The van der Waals surface area contributed by atoms with Gasteiger partial charge in [-0.3, -0.25) is 9.48 Å². The molecule has 2 atom stereocenters. The monoisotopic (exact) mass is 385 g/mol. The third kappa shape index (κ3) is 4.81. The Morgan fingerprint density at radius 3 is 2.58 bits per heavy atom. The molecule has 0 radical (unpaired) electrons. The summed E-state index contributed by atoms with van der Waals surface area (Å²) in [4.78, 5) is 12.5. The van der Waals surface area contributed by atoms with Crippen molar-refractivity contribution in [2.24, 2.45) is 7.05 Å². The molecule has 0 saturated heterocycles. The van der Waals surface area contributed by atoms with Crippen LogP contribution in [0, 0.1) is 0 Å². The predicted octanol–water partition coefficient (Wildman–Crippen LogP) is 5.28. The number of nitrogens with one attached hydrogen (secondary N) is 1. The molecule has 26 heavy (non-hydrogen) atoms. The van der Waals surface area contributed by atoms with E-state index in [1.54, 1.807) is 23.9 Å². The van der Waals surface area contributed by atoms with Crippen LogP contribution in [0.1, 0.15) is 54.1 Å². The first kappa shape index (κ1) is 20.4. The van der Waals surface area contributed by atoms with E-state index in [1.807, 2.05) is 19.1 Å². The number of aryl methyl sites for hydroxylation is 1. The number of thioether (sulfide) groups is 1. The third-order valence-electron chi connectivity index (χ3n) is 4.00. The molecule has 0 aliphatic rings. The first-order valence-electron chi connectivity index (χ1n) is 8.30. The second-order valence-electron chi connectivity index (χ2n) is 6.10. The zero-order valence-corrected chi connectivity index (χ0v) is 15.9. The van der Waals surface area contributed by atoms with Crippen LogP contribution < -0.4 is 5.32 Å². The van der Waals surface area contributed by atoms with Crippen LogP contribution >= 0.6 is 11.8 Å². The quantitative estimate of drug-likeness (QED) is 0.735. The van der Waals surface area contributed by atoms with Crippen LogP contribution in [-0.2, 0) is 13.2 Å². The maximum atomic E-state index is 13.1. The Balaban J connectivity index is 2.28. The molecule has 1 amide bonds. The lowest BCUT2D eigenvalue weighted by Gasteiger charge is -2.19. The highest BCUT2D eigenvalue weighted by molar-refractivity contribution is 8.00. The smallest absolute Gasteiger partial charge is 0.322 e. The van der Waals surface area contributed by atoms with Crippen molar-refractivity contribution in [1.82, 2.24) is 9.78 Å². The number of rotatable bonds is 6. The number of aromatic nitrogens is 2. The first-order valence-corrected chi connectivity index (χ1v) is 9.24.